The van der Waals surface area contributed by atoms with E-state index in [1.54, 1.807) is 0 Å². The Hall–Kier alpha value is -2.25. The lowest BCUT2D eigenvalue weighted by molar-refractivity contribution is -0.167. The first-order chi connectivity index (χ1) is 7.71. The van der Waals surface area contributed by atoms with E-state index in [1.807, 2.05) is 0 Å². The highest BCUT2D eigenvalue weighted by Gasteiger charge is 2.38. The first kappa shape index (κ1) is 12.8. The molecule has 1 amide bonds. The SMILES string of the molecule is Nc1ccc(C(=O)O)cc1NC(=O)C(F)(F)F. The molecule has 0 heterocycles. The van der Waals surface area contributed by atoms with Crippen molar-refractivity contribution >= 4 is 23.3 Å². The molecule has 0 aliphatic carbocycles. The van der Waals surface area contributed by atoms with E-state index in [4.69, 9.17) is 10.8 Å². The predicted molar refractivity (Wildman–Crippen MR) is 52.5 cm³/mol. The summed E-state index contributed by atoms with van der Waals surface area (Å²) in [5, 5.41) is 10.1. The second-order valence-electron chi connectivity index (χ2n) is 3.06. The van der Waals surface area contributed by atoms with Crippen LogP contribution in [0, 0.1) is 0 Å². The zero-order chi connectivity index (χ0) is 13.2. The summed E-state index contributed by atoms with van der Waals surface area (Å²) in [5.41, 5.74) is 4.47. The van der Waals surface area contributed by atoms with Crippen LogP contribution in [0.1, 0.15) is 10.4 Å². The van der Waals surface area contributed by atoms with Crippen molar-refractivity contribution in [2.24, 2.45) is 0 Å². The standard InChI is InChI=1S/C9H7F3N2O3/c10-9(11,12)8(17)14-6-3-4(7(15)16)1-2-5(6)13/h1-3H,13H2,(H,14,17)(H,15,16). The van der Waals surface area contributed by atoms with Crippen molar-refractivity contribution < 1.29 is 27.9 Å². The van der Waals surface area contributed by atoms with Gasteiger partial charge in [0.1, 0.15) is 0 Å². The van der Waals surface area contributed by atoms with E-state index in [-0.39, 0.29) is 11.3 Å². The molecule has 0 aromatic heterocycles. The maximum Gasteiger partial charge on any atom is 0.471 e. The molecule has 0 fully saturated rings. The lowest BCUT2D eigenvalue weighted by Crippen LogP contribution is -2.30. The Kier molecular flexibility index (Phi) is 3.26. The molecule has 0 aliphatic heterocycles. The molecule has 1 aromatic carbocycles. The molecule has 92 valence electrons. The van der Waals surface area contributed by atoms with Gasteiger partial charge in [-0.1, -0.05) is 0 Å². The fourth-order valence-electron chi connectivity index (χ4n) is 0.991. The third-order valence-electron chi connectivity index (χ3n) is 1.81. The number of nitrogens with two attached hydrogens (primary N) is 1. The number of carbonyl (C=O) groups is 2. The van der Waals surface area contributed by atoms with Gasteiger partial charge in [-0.25, -0.2) is 4.79 Å². The number of aromatic carboxylic acids is 1. The highest BCUT2D eigenvalue weighted by Crippen LogP contribution is 2.23. The molecule has 1 rings (SSSR count). The van der Waals surface area contributed by atoms with Gasteiger partial charge in [-0.2, -0.15) is 13.2 Å². The van der Waals surface area contributed by atoms with Crippen LogP contribution in [0.2, 0.25) is 0 Å². The van der Waals surface area contributed by atoms with E-state index in [2.05, 4.69) is 0 Å². The zero-order valence-corrected chi connectivity index (χ0v) is 8.21. The van der Waals surface area contributed by atoms with Crippen molar-refractivity contribution in [2.75, 3.05) is 11.1 Å². The fourth-order valence-corrected chi connectivity index (χ4v) is 0.991. The molecule has 4 N–H and O–H groups in total. The molecule has 17 heavy (non-hydrogen) atoms. The molecule has 0 unspecified atom stereocenters. The van der Waals surface area contributed by atoms with Crippen LogP contribution in [0.5, 0.6) is 0 Å². The van der Waals surface area contributed by atoms with Crippen LogP contribution in [0.3, 0.4) is 0 Å². The van der Waals surface area contributed by atoms with Crippen LogP contribution in [-0.4, -0.2) is 23.2 Å². The first-order valence-electron chi connectivity index (χ1n) is 4.23. The number of benzene rings is 1. The number of hydrogen-bond donors (Lipinski definition) is 3. The summed E-state index contributed by atoms with van der Waals surface area (Å²) < 4.78 is 35.9. The van der Waals surface area contributed by atoms with E-state index in [0.29, 0.717) is 0 Å². The van der Waals surface area contributed by atoms with E-state index in [9.17, 15) is 22.8 Å². The normalized spacial score (nSPS) is 11.0. The van der Waals surface area contributed by atoms with Crippen molar-refractivity contribution in [1.82, 2.24) is 0 Å². The quantitative estimate of drug-likeness (QED) is 0.691. The smallest absolute Gasteiger partial charge is 0.471 e. The average molecular weight is 248 g/mol. The highest BCUT2D eigenvalue weighted by molar-refractivity contribution is 5.99. The topological polar surface area (TPSA) is 92.4 Å². The summed E-state index contributed by atoms with van der Waals surface area (Å²) in [7, 11) is 0. The largest absolute Gasteiger partial charge is 0.478 e. The Morgan fingerprint density at radius 3 is 2.35 bits per heavy atom. The van der Waals surface area contributed by atoms with Crippen LogP contribution in [0.25, 0.3) is 0 Å². The van der Waals surface area contributed by atoms with Crippen molar-refractivity contribution in [1.29, 1.82) is 0 Å². The molecule has 0 spiro atoms. The molecule has 0 aliphatic rings. The predicted octanol–water partition coefficient (Wildman–Crippen LogP) is 1.47. The van der Waals surface area contributed by atoms with Crippen molar-refractivity contribution in [2.45, 2.75) is 6.18 Å². The van der Waals surface area contributed by atoms with Gasteiger partial charge in [-0.15, -0.1) is 0 Å². The number of nitrogen functional groups attached to an aromatic ring is 1. The molecule has 1 aromatic rings. The van der Waals surface area contributed by atoms with Crippen molar-refractivity contribution in [3.05, 3.63) is 23.8 Å². The number of carboxylic acid groups (broad SMARTS) is 1. The minimum atomic E-state index is -5.06. The van der Waals surface area contributed by atoms with Gasteiger partial charge in [-0.05, 0) is 18.2 Å². The van der Waals surface area contributed by atoms with Gasteiger partial charge >= 0.3 is 18.1 Å². The first-order valence-corrected chi connectivity index (χ1v) is 4.23. The van der Waals surface area contributed by atoms with Gasteiger partial charge in [0.25, 0.3) is 0 Å². The Balaban J connectivity index is 3.02. The van der Waals surface area contributed by atoms with Crippen LogP contribution in [0.4, 0.5) is 24.5 Å². The fraction of sp³-hybridized carbons (Fsp3) is 0.111. The third kappa shape index (κ3) is 3.10. The number of alkyl halides is 3. The molecule has 0 atom stereocenters. The van der Waals surface area contributed by atoms with Crippen molar-refractivity contribution in [3.63, 3.8) is 0 Å². The van der Waals surface area contributed by atoms with Crippen molar-refractivity contribution in [3.8, 4) is 0 Å². The summed E-state index contributed by atoms with van der Waals surface area (Å²) in [5.74, 6) is -3.56. The van der Waals surface area contributed by atoms with E-state index in [0.717, 1.165) is 18.2 Å². The maximum atomic E-state index is 12.0. The number of rotatable bonds is 2. The van der Waals surface area contributed by atoms with Gasteiger partial charge in [0.15, 0.2) is 0 Å². The number of halogens is 3. The molecule has 0 saturated carbocycles. The lowest BCUT2D eigenvalue weighted by atomic mass is 10.1. The minimum absolute atomic E-state index is 0.160. The summed E-state index contributed by atoms with van der Waals surface area (Å²) in [6, 6.07) is 3.05. The third-order valence-corrected chi connectivity index (χ3v) is 1.81. The van der Waals surface area contributed by atoms with E-state index >= 15 is 0 Å². The number of anilines is 2. The average Bonchev–Trinajstić information content (AvgIpc) is 2.19. The molecule has 0 radical (unpaired) electrons. The second kappa shape index (κ2) is 4.32. The summed E-state index contributed by atoms with van der Waals surface area (Å²) in [6.07, 6.45) is -5.06. The summed E-state index contributed by atoms with van der Waals surface area (Å²) in [4.78, 5) is 21.2. The minimum Gasteiger partial charge on any atom is -0.478 e. The van der Waals surface area contributed by atoms with Crippen LogP contribution >= 0.6 is 0 Å². The molecular weight excluding hydrogens is 241 g/mol. The van der Waals surface area contributed by atoms with E-state index < -0.39 is 23.7 Å². The number of amides is 1. The molecule has 0 saturated heterocycles. The number of nitrogens with one attached hydrogen (secondary N) is 1. The summed E-state index contributed by atoms with van der Waals surface area (Å²) in [6.45, 7) is 0. The Morgan fingerprint density at radius 1 is 1.29 bits per heavy atom. The van der Waals surface area contributed by atoms with Crippen LogP contribution < -0.4 is 11.1 Å². The number of hydrogen-bond acceptors (Lipinski definition) is 3. The Bertz CT molecular complexity index is 471. The number of carbonyl (C=O) groups excluding carboxylic acids is 1. The van der Waals surface area contributed by atoms with Gasteiger partial charge in [0.05, 0.1) is 16.9 Å². The Morgan fingerprint density at radius 2 is 1.88 bits per heavy atom. The van der Waals surface area contributed by atoms with Gasteiger partial charge in [0, 0.05) is 0 Å². The van der Waals surface area contributed by atoms with Crippen LogP contribution in [0.15, 0.2) is 18.2 Å². The molecule has 8 heteroatoms. The zero-order valence-electron chi connectivity index (χ0n) is 8.21. The van der Waals surface area contributed by atoms with Gasteiger partial charge in [0.2, 0.25) is 0 Å². The summed E-state index contributed by atoms with van der Waals surface area (Å²) >= 11 is 0. The number of carboxylic acids is 1. The monoisotopic (exact) mass is 248 g/mol. The molecule has 5 nitrogen and oxygen atoms in total. The highest BCUT2D eigenvalue weighted by atomic mass is 19.4. The molecular formula is C9H7F3N2O3. The second-order valence-corrected chi connectivity index (χ2v) is 3.06. The van der Waals surface area contributed by atoms with Gasteiger partial charge < -0.3 is 16.2 Å². The Labute approximate surface area is 93.0 Å². The molecule has 0 bridgehead atoms. The van der Waals surface area contributed by atoms with Crippen LogP contribution in [-0.2, 0) is 4.79 Å². The van der Waals surface area contributed by atoms with Gasteiger partial charge in [-0.3, -0.25) is 4.79 Å². The maximum absolute atomic E-state index is 12.0. The lowest BCUT2D eigenvalue weighted by Gasteiger charge is -2.10. The van der Waals surface area contributed by atoms with E-state index in [1.165, 1.54) is 5.32 Å².